The predicted molar refractivity (Wildman–Crippen MR) is 120 cm³/mol. The quantitative estimate of drug-likeness (QED) is 0.442. The molecule has 29 heavy (non-hydrogen) atoms. The molecule has 1 fully saturated rings. The van der Waals surface area contributed by atoms with Gasteiger partial charge < -0.3 is 10.3 Å². The van der Waals surface area contributed by atoms with Crippen molar-refractivity contribution in [2.45, 2.75) is 44.6 Å². The van der Waals surface area contributed by atoms with Crippen LogP contribution in [0.4, 0.5) is 0 Å². The van der Waals surface area contributed by atoms with Crippen LogP contribution in [0.5, 0.6) is 0 Å². The van der Waals surface area contributed by atoms with Crippen LogP contribution in [0.2, 0.25) is 0 Å². The average molecular weight is 386 g/mol. The molecule has 0 aliphatic heterocycles. The number of hydrogen-bond acceptors (Lipinski definition) is 4. The molecule has 1 aliphatic carbocycles. The number of H-pyrrole nitrogens is 1. The highest BCUT2D eigenvalue weighted by Crippen LogP contribution is 2.25. The number of nitrogens with zero attached hydrogens (tertiary/aromatic N) is 3. The van der Waals surface area contributed by atoms with Crippen LogP contribution in [-0.2, 0) is 0 Å². The molecule has 3 heterocycles. The lowest BCUT2D eigenvalue weighted by molar-refractivity contribution is 0.500. The van der Waals surface area contributed by atoms with Crippen molar-refractivity contribution in [3.8, 4) is 11.1 Å². The van der Waals surface area contributed by atoms with Crippen LogP contribution < -0.4 is 5.32 Å². The Morgan fingerprint density at radius 1 is 1.17 bits per heavy atom. The van der Waals surface area contributed by atoms with Crippen molar-refractivity contribution in [1.82, 2.24) is 20.3 Å². The minimum Gasteiger partial charge on any atom is -0.368 e. The molecule has 148 valence electrons. The average Bonchev–Trinajstić information content (AvgIpc) is 3.00. The predicted octanol–water partition coefficient (Wildman–Crippen LogP) is 5.38. The molecule has 0 atom stereocenters. The van der Waals surface area contributed by atoms with Crippen LogP contribution in [0, 0.1) is 0 Å². The lowest BCUT2D eigenvalue weighted by atomic mass is 10.1. The third-order valence-electron chi connectivity index (χ3n) is 5.48. The Kier molecular flexibility index (Phi) is 5.84. The van der Waals surface area contributed by atoms with E-state index in [0.29, 0.717) is 11.9 Å². The summed E-state index contributed by atoms with van der Waals surface area (Å²) in [6.45, 7) is 8.12. The van der Waals surface area contributed by atoms with E-state index >= 15 is 0 Å². The Morgan fingerprint density at radius 3 is 2.72 bits per heavy atom. The molecule has 2 N–H and O–H groups in total. The van der Waals surface area contributed by atoms with Crippen LogP contribution in [0.3, 0.4) is 0 Å². The highest BCUT2D eigenvalue weighted by molar-refractivity contribution is 6.16. The summed E-state index contributed by atoms with van der Waals surface area (Å²) in [6, 6.07) is 6.54. The van der Waals surface area contributed by atoms with Crippen LogP contribution >= 0.6 is 0 Å². The van der Waals surface area contributed by atoms with Crippen molar-refractivity contribution >= 4 is 16.7 Å². The zero-order chi connectivity index (χ0) is 20.1. The SMILES string of the molecule is C=CC(=NC(=C)NC1CCCCCC1)c1c[nH]c2ncc(-c3cccnc3)cc12. The standard InChI is InChI=1S/C24H27N5/c1-3-23(29-17(2)28-20-10-6-4-5-7-11-20)22-16-27-24-21(22)13-19(15-26-24)18-9-8-12-25-14-18/h3,8-9,12-16,20,28H,1-2,4-7,10-11H2,(H,26,27). The van der Waals surface area contributed by atoms with Gasteiger partial charge in [-0.15, -0.1) is 0 Å². The van der Waals surface area contributed by atoms with Crippen molar-refractivity contribution in [1.29, 1.82) is 0 Å². The maximum absolute atomic E-state index is 4.75. The van der Waals surface area contributed by atoms with Crippen LogP contribution in [-0.4, -0.2) is 26.7 Å². The van der Waals surface area contributed by atoms with E-state index in [4.69, 9.17) is 4.99 Å². The van der Waals surface area contributed by atoms with Crippen molar-refractivity contribution in [2.24, 2.45) is 4.99 Å². The van der Waals surface area contributed by atoms with Crippen LogP contribution in [0.25, 0.3) is 22.2 Å². The first-order valence-corrected chi connectivity index (χ1v) is 10.3. The molecule has 1 aliphatic rings. The van der Waals surface area contributed by atoms with E-state index in [1.165, 1.54) is 38.5 Å². The fourth-order valence-electron chi connectivity index (χ4n) is 3.96. The zero-order valence-electron chi connectivity index (χ0n) is 16.7. The molecular formula is C24H27N5. The van der Waals surface area contributed by atoms with Gasteiger partial charge in [-0.05, 0) is 31.1 Å². The van der Waals surface area contributed by atoms with Gasteiger partial charge in [-0.2, -0.15) is 0 Å². The molecule has 0 saturated heterocycles. The van der Waals surface area contributed by atoms with E-state index in [1.807, 2.05) is 30.7 Å². The molecule has 5 nitrogen and oxygen atoms in total. The molecule has 4 rings (SSSR count). The van der Waals surface area contributed by atoms with E-state index in [-0.39, 0.29) is 0 Å². The first-order valence-electron chi connectivity index (χ1n) is 10.3. The Bertz CT molecular complexity index is 1020. The van der Waals surface area contributed by atoms with Crippen LogP contribution in [0.1, 0.15) is 44.1 Å². The molecule has 0 aromatic carbocycles. The lowest BCUT2D eigenvalue weighted by Crippen LogP contribution is -2.27. The molecule has 0 bridgehead atoms. The summed E-state index contributed by atoms with van der Waals surface area (Å²) < 4.78 is 0. The number of aromatic amines is 1. The number of hydrogen-bond donors (Lipinski definition) is 2. The maximum Gasteiger partial charge on any atom is 0.137 e. The summed E-state index contributed by atoms with van der Waals surface area (Å²) in [5.41, 5.74) is 4.63. The van der Waals surface area contributed by atoms with Crippen molar-refractivity contribution in [2.75, 3.05) is 0 Å². The summed E-state index contributed by atoms with van der Waals surface area (Å²) in [6.07, 6.45) is 16.7. The largest absolute Gasteiger partial charge is 0.368 e. The van der Waals surface area contributed by atoms with Gasteiger partial charge in [0.2, 0.25) is 0 Å². The summed E-state index contributed by atoms with van der Waals surface area (Å²) in [5, 5.41) is 4.51. The monoisotopic (exact) mass is 385 g/mol. The lowest BCUT2D eigenvalue weighted by Gasteiger charge is -2.17. The van der Waals surface area contributed by atoms with E-state index in [2.05, 4.69) is 39.5 Å². The van der Waals surface area contributed by atoms with Crippen LogP contribution in [0.15, 0.2) is 73.0 Å². The highest BCUT2D eigenvalue weighted by Gasteiger charge is 2.14. The van der Waals surface area contributed by atoms with Crippen molar-refractivity contribution in [3.05, 3.63) is 73.6 Å². The zero-order valence-corrected chi connectivity index (χ0v) is 16.7. The van der Waals surface area contributed by atoms with E-state index in [9.17, 15) is 0 Å². The van der Waals surface area contributed by atoms with Gasteiger partial charge in [-0.25, -0.2) is 9.98 Å². The Hall–Kier alpha value is -3.21. The van der Waals surface area contributed by atoms with Gasteiger partial charge in [0.25, 0.3) is 0 Å². The fraction of sp³-hybridized carbons (Fsp3) is 0.292. The smallest absolute Gasteiger partial charge is 0.137 e. The Labute approximate surface area is 171 Å². The van der Waals surface area contributed by atoms with Gasteiger partial charge in [-0.1, -0.05) is 44.9 Å². The van der Waals surface area contributed by atoms with Crippen molar-refractivity contribution in [3.63, 3.8) is 0 Å². The fourth-order valence-corrected chi connectivity index (χ4v) is 3.96. The number of pyridine rings is 2. The second kappa shape index (κ2) is 8.86. The normalized spacial score (nSPS) is 15.8. The number of rotatable bonds is 6. The van der Waals surface area contributed by atoms with Gasteiger partial charge in [0.05, 0.1) is 5.71 Å². The molecule has 3 aromatic heterocycles. The minimum atomic E-state index is 0.460. The van der Waals surface area contributed by atoms with E-state index < -0.39 is 0 Å². The molecular weight excluding hydrogens is 358 g/mol. The second-order valence-electron chi connectivity index (χ2n) is 7.54. The Morgan fingerprint density at radius 2 is 2.00 bits per heavy atom. The summed E-state index contributed by atoms with van der Waals surface area (Å²) in [5.74, 6) is 0.692. The number of nitrogens with one attached hydrogen (secondary N) is 2. The van der Waals surface area contributed by atoms with Crippen molar-refractivity contribution < 1.29 is 0 Å². The molecule has 3 aromatic rings. The number of fused-ring (bicyclic) bond motifs is 1. The first kappa shape index (κ1) is 19.1. The van der Waals surface area contributed by atoms with Gasteiger partial charge >= 0.3 is 0 Å². The summed E-state index contributed by atoms with van der Waals surface area (Å²) in [7, 11) is 0. The van der Waals surface area contributed by atoms with E-state index in [0.717, 1.165) is 33.4 Å². The topological polar surface area (TPSA) is 66.0 Å². The number of allylic oxidation sites excluding steroid dienone is 1. The molecule has 0 spiro atoms. The van der Waals surface area contributed by atoms with Gasteiger partial charge in [-0.3, -0.25) is 4.98 Å². The Balaban J connectivity index is 1.61. The molecule has 0 radical (unpaired) electrons. The first-order chi connectivity index (χ1) is 14.2. The second-order valence-corrected chi connectivity index (χ2v) is 7.54. The summed E-state index contributed by atoms with van der Waals surface area (Å²) in [4.78, 5) is 16.8. The van der Waals surface area contributed by atoms with Gasteiger partial charge in [0.15, 0.2) is 0 Å². The molecule has 5 heteroatoms. The third kappa shape index (κ3) is 4.45. The minimum absolute atomic E-state index is 0.460. The molecule has 1 saturated carbocycles. The highest BCUT2D eigenvalue weighted by atomic mass is 15.1. The summed E-state index contributed by atoms with van der Waals surface area (Å²) >= 11 is 0. The third-order valence-corrected chi connectivity index (χ3v) is 5.48. The van der Waals surface area contributed by atoms with Gasteiger partial charge in [0.1, 0.15) is 11.5 Å². The molecule has 0 amide bonds. The van der Waals surface area contributed by atoms with E-state index in [1.54, 1.807) is 12.3 Å². The number of aliphatic imine (C=N–C) groups is 1. The number of aromatic nitrogens is 3. The maximum atomic E-state index is 4.75. The molecule has 0 unspecified atom stereocenters. The van der Waals surface area contributed by atoms with Gasteiger partial charge in [0, 0.05) is 52.9 Å².